The van der Waals surface area contributed by atoms with Crippen molar-refractivity contribution in [3.63, 3.8) is 0 Å². The second kappa shape index (κ2) is 4.85. The number of benzene rings is 1. The van der Waals surface area contributed by atoms with E-state index in [1.165, 1.54) is 12.1 Å². The fourth-order valence-corrected chi connectivity index (χ4v) is 4.12. The van der Waals surface area contributed by atoms with Gasteiger partial charge in [-0.25, -0.2) is 4.21 Å². The molecule has 1 fully saturated rings. The van der Waals surface area contributed by atoms with Crippen LogP contribution in [-0.4, -0.2) is 37.1 Å². The number of hydrogen-bond acceptors (Lipinski definition) is 4. The normalized spacial score (nSPS) is 25.2. The summed E-state index contributed by atoms with van der Waals surface area (Å²) in [5.74, 6) is 0.172. The zero-order valence-corrected chi connectivity index (χ0v) is 12.2. The maximum absolute atomic E-state index is 11.1. The molecule has 1 saturated heterocycles. The first-order chi connectivity index (χ1) is 8.30. The molecule has 0 radical (unpaired) electrons. The zero-order valence-electron chi connectivity index (χ0n) is 10.6. The Morgan fingerprint density at radius 2 is 2.17 bits per heavy atom. The Hall–Kier alpha value is -0.560. The molecule has 2 unspecified atom stereocenters. The van der Waals surface area contributed by atoms with Crippen molar-refractivity contribution in [2.24, 2.45) is 0 Å². The van der Waals surface area contributed by atoms with Crippen LogP contribution in [0.3, 0.4) is 0 Å². The van der Waals surface area contributed by atoms with E-state index in [2.05, 4.69) is 18.7 Å². The van der Waals surface area contributed by atoms with Gasteiger partial charge in [0, 0.05) is 16.9 Å². The minimum Gasteiger partial charge on any atom is -0.508 e. The molecule has 4 nitrogen and oxygen atoms in total. The van der Waals surface area contributed by atoms with Gasteiger partial charge in [-0.1, -0.05) is 0 Å². The van der Waals surface area contributed by atoms with Gasteiger partial charge in [-0.15, -0.1) is 11.8 Å². The van der Waals surface area contributed by atoms with E-state index >= 15 is 0 Å². The van der Waals surface area contributed by atoms with E-state index < -0.39 is 11.1 Å². The highest BCUT2D eigenvalue weighted by Gasteiger charge is 2.38. The molecule has 0 saturated carbocycles. The van der Waals surface area contributed by atoms with Gasteiger partial charge in [0.05, 0.1) is 10.3 Å². The van der Waals surface area contributed by atoms with Gasteiger partial charge < -0.3 is 9.66 Å². The number of thioether (sulfide) groups is 1. The monoisotopic (exact) mass is 287 g/mol. The van der Waals surface area contributed by atoms with Crippen molar-refractivity contribution < 1.29 is 13.9 Å². The fourth-order valence-electron chi connectivity index (χ4n) is 2.25. The van der Waals surface area contributed by atoms with Gasteiger partial charge in [0.2, 0.25) is 0 Å². The quantitative estimate of drug-likeness (QED) is 0.818. The summed E-state index contributed by atoms with van der Waals surface area (Å²) in [6.45, 7) is 5.22. The molecule has 2 N–H and O–H groups in total. The number of phenolic OH excluding ortho intramolecular Hbond substituents is 1. The molecule has 1 aliphatic rings. The third kappa shape index (κ3) is 2.71. The van der Waals surface area contributed by atoms with E-state index in [1.807, 2.05) is 7.05 Å². The van der Waals surface area contributed by atoms with Gasteiger partial charge in [0.1, 0.15) is 5.75 Å². The van der Waals surface area contributed by atoms with Crippen LogP contribution in [0.25, 0.3) is 0 Å². The SMILES string of the molecule is CN1CC(C)(C)SC1c1cc(S(=O)O)ccc1O. The topological polar surface area (TPSA) is 60.8 Å². The average molecular weight is 287 g/mol. The number of aromatic hydroxyl groups is 1. The van der Waals surface area contributed by atoms with Gasteiger partial charge in [0.15, 0.2) is 11.1 Å². The molecular formula is C12H17NO3S2. The summed E-state index contributed by atoms with van der Waals surface area (Å²) in [7, 11) is 1.99. The van der Waals surface area contributed by atoms with Crippen molar-refractivity contribution in [2.75, 3.05) is 13.6 Å². The summed E-state index contributed by atoms with van der Waals surface area (Å²) < 4.78 is 20.3. The molecule has 1 heterocycles. The standard InChI is InChI=1S/C12H17NO3S2/c1-12(2)7-13(3)11(17-12)9-6-8(18(15)16)4-5-10(9)14/h4-6,11,14H,7H2,1-3H3,(H,15,16). The summed E-state index contributed by atoms with van der Waals surface area (Å²) >= 11 is -0.268. The molecule has 2 rings (SSSR count). The molecule has 2 atom stereocenters. The highest BCUT2D eigenvalue weighted by molar-refractivity contribution is 8.01. The molecule has 0 amide bonds. The molecule has 1 aliphatic heterocycles. The predicted molar refractivity (Wildman–Crippen MR) is 74.2 cm³/mol. The van der Waals surface area contributed by atoms with Gasteiger partial charge in [-0.3, -0.25) is 4.90 Å². The summed E-state index contributed by atoms with van der Waals surface area (Å²) in [6.07, 6.45) is 0. The van der Waals surface area contributed by atoms with Crippen LogP contribution in [0.2, 0.25) is 0 Å². The second-order valence-corrected chi connectivity index (χ2v) is 7.87. The average Bonchev–Trinajstić information content (AvgIpc) is 2.52. The first-order valence-electron chi connectivity index (χ1n) is 5.62. The molecule has 1 aromatic carbocycles. The Morgan fingerprint density at radius 3 is 2.67 bits per heavy atom. The molecule has 18 heavy (non-hydrogen) atoms. The first kappa shape index (κ1) is 13.9. The lowest BCUT2D eigenvalue weighted by molar-refractivity contribution is 0.319. The number of rotatable bonds is 2. The van der Waals surface area contributed by atoms with Crippen molar-refractivity contribution in [3.05, 3.63) is 23.8 Å². The van der Waals surface area contributed by atoms with Crippen molar-refractivity contribution in [1.29, 1.82) is 0 Å². The van der Waals surface area contributed by atoms with E-state index in [0.717, 1.165) is 6.54 Å². The Balaban J connectivity index is 2.39. The third-order valence-corrected chi connectivity index (χ3v) is 5.19. The lowest BCUT2D eigenvalue weighted by Crippen LogP contribution is -2.24. The van der Waals surface area contributed by atoms with Crippen molar-refractivity contribution in [3.8, 4) is 5.75 Å². The summed E-state index contributed by atoms with van der Waals surface area (Å²) in [5.41, 5.74) is 0.702. The van der Waals surface area contributed by atoms with Crippen LogP contribution in [0, 0.1) is 0 Å². The van der Waals surface area contributed by atoms with Crippen molar-refractivity contribution in [2.45, 2.75) is 28.9 Å². The van der Waals surface area contributed by atoms with Crippen molar-refractivity contribution in [1.82, 2.24) is 4.90 Å². The van der Waals surface area contributed by atoms with E-state index in [4.69, 9.17) is 4.55 Å². The van der Waals surface area contributed by atoms with E-state index in [1.54, 1.807) is 17.8 Å². The minimum absolute atomic E-state index is 0.0171. The fraction of sp³-hybridized carbons (Fsp3) is 0.500. The predicted octanol–water partition coefficient (Wildman–Crippen LogP) is 2.43. The summed E-state index contributed by atoms with van der Waals surface area (Å²) in [5, 5.41) is 9.96. The Bertz CT molecular complexity index is 490. The molecular weight excluding hydrogens is 270 g/mol. The van der Waals surface area contributed by atoms with E-state index in [-0.39, 0.29) is 15.9 Å². The molecule has 0 aliphatic carbocycles. The highest BCUT2D eigenvalue weighted by atomic mass is 32.2. The lowest BCUT2D eigenvalue weighted by atomic mass is 10.1. The molecule has 1 aromatic rings. The molecule has 100 valence electrons. The maximum atomic E-state index is 11.1. The Kier molecular flexibility index (Phi) is 3.73. The van der Waals surface area contributed by atoms with E-state index in [0.29, 0.717) is 10.5 Å². The van der Waals surface area contributed by atoms with Crippen LogP contribution < -0.4 is 0 Å². The largest absolute Gasteiger partial charge is 0.508 e. The summed E-state index contributed by atoms with van der Waals surface area (Å²) in [4.78, 5) is 2.46. The van der Waals surface area contributed by atoms with Crippen LogP contribution in [0.1, 0.15) is 24.8 Å². The zero-order chi connectivity index (χ0) is 13.5. The van der Waals surface area contributed by atoms with Crippen LogP contribution >= 0.6 is 11.8 Å². The van der Waals surface area contributed by atoms with Crippen LogP contribution in [0.5, 0.6) is 5.75 Å². The summed E-state index contributed by atoms with van der Waals surface area (Å²) in [6, 6.07) is 4.57. The van der Waals surface area contributed by atoms with Crippen LogP contribution in [0.15, 0.2) is 23.1 Å². The molecule has 6 heteroatoms. The van der Waals surface area contributed by atoms with Gasteiger partial charge in [0.25, 0.3) is 0 Å². The van der Waals surface area contributed by atoms with Crippen molar-refractivity contribution >= 4 is 22.8 Å². The van der Waals surface area contributed by atoms with E-state index in [9.17, 15) is 9.32 Å². The van der Waals surface area contributed by atoms with Gasteiger partial charge in [-0.05, 0) is 39.1 Å². The minimum atomic E-state index is -2.02. The highest BCUT2D eigenvalue weighted by Crippen LogP contribution is 2.49. The third-order valence-electron chi connectivity index (χ3n) is 2.93. The molecule has 0 aromatic heterocycles. The second-order valence-electron chi connectivity index (χ2n) is 5.11. The number of phenols is 1. The van der Waals surface area contributed by atoms with Gasteiger partial charge in [-0.2, -0.15) is 0 Å². The molecule has 0 spiro atoms. The van der Waals surface area contributed by atoms with Gasteiger partial charge >= 0.3 is 0 Å². The molecule has 0 bridgehead atoms. The number of hydrogen-bond donors (Lipinski definition) is 2. The van der Waals surface area contributed by atoms with Crippen LogP contribution in [0.4, 0.5) is 0 Å². The Morgan fingerprint density at radius 1 is 1.50 bits per heavy atom. The Labute approximate surface area is 114 Å². The maximum Gasteiger partial charge on any atom is 0.186 e. The lowest BCUT2D eigenvalue weighted by Gasteiger charge is -2.20. The van der Waals surface area contributed by atoms with Crippen LogP contribution in [-0.2, 0) is 11.1 Å². The smallest absolute Gasteiger partial charge is 0.186 e. The number of nitrogens with zero attached hydrogens (tertiary/aromatic N) is 1. The first-order valence-corrected chi connectivity index (χ1v) is 7.61.